The first-order valence-electron chi connectivity index (χ1n) is 11.1. The van der Waals surface area contributed by atoms with Crippen LogP contribution in [0.1, 0.15) is 34.7 Å². The average Bonchev–Trinajstić information content (AvgIpc) is 2.91. The fourth-order valence-corrected chi connectivity index (χ4v) is 3.87. The highest BCUT2D eigenvalue weighted by Crippen LogP contribution is 2.29. The zero-order valence-corrected chi connectivity index (χ0v) is 19.2. The van der Waals surface area contributed by atoms with Crippen molar-refractivity contribution in [3.63, 3.8) is 0 Å². The summed E-state index contributed by atoms with van der Waals surface area (Å²) in [4.78, 5) is 30.0. The first-order chi connectivity index (χ1) is 17.1. The molecule has 1 aliphatic rings. The van der Waals surface area contributed by atoms with E-state index in [9.17, 15) is 9.59 Å². The van der Waals surface area contributed by atoms with Crippen LogP contribution in [0, 0.1) is 11.3 Å². The molecule has 0 fully saturated rings. The fourth-order valence-electron chi connectivity index (χ4n) is 3.87. The van der Waals surface area contributed by atoms with E-state index in [-0.39, 0.29) is 6.61 Å². The molecule has 0 saturated carbocycles. The lowest BCUT2D eigenvalue weighted by atomic mass is 9.94. The molecule has 0 saturated heterocycles. The maximum atomic E-state index is 13.3. The number of benzene rings is 2. The monoisotopic (exact) mass is 468 g/mol. The van der Waals surface area contributed by atoms with E-state index in [1.54, 1.807) is 55.9 Å². The Morgan fingerprint density at radius 3 is 2.63 bits per heavy atom. The predicted octanol–water partition coefficient (Wildman–Crippen LogP) is 3.95. The van der Waals surface area contributed by atoms with Crippen LogP contribution in [0.4, 0.5) is 4.79 Å². The van der Waals surface area contributed by atoms with Gasteiger partial charge in [-0.05, 0) is 59.9 Å². The molecule has 0 spiro atoms. The summed E-state index contributed by atoms with van der Waals surface area (Å²) in [7, 11) is 1.61. The van der Waals surface area contributed by atoms with Gasteiger partial charge in [0.25, 0.3) is 0 Å². The number of ether oxygens (including phenoxy) is 2. The minimum absolute atomic E-state index is 0.00266. The van der Waals surface area contributed by atoms with Gasteiger partial charge in [-0.15, -0.1) is 0 Å². The Bertz CT molecular complexity index is 1280. The first-order valence-corrected chi connectivity index (χ1v) is 11.1. The van der Waals surface area contributed by atoms with Gasteiger partial charge in [-0.1, -0.05) is 30.3 Å². The van der Waals surface area contributed by atoms with E-state index < -0.39 is 18.0 Å². The number of methoxy groups -OCH3 is 1. The second-order valence-corrected chi connectivity index (χ2v) is 7.95. The number of carbonyl (C=O) groups is 2. The average molecular weight is 469 g/mol. The maximum absolute atomic E-state index is 13.3. The number of esters is 1. The number of aryl methyl sites for hydroxylation is 1. The quantitative estimate of drug-likeness (QED) is 0.484. The van der Waals surface area contributed by atoms with Gasteiger partial charge in [-0.2, -0.15) is 5.26 Å². The highest BCUT2D eigenvalue weighted by Gasteiger charge is 2.33. The van der Waals surface area contributed by atoms with Crippen molar-refractivity contribution in [1.29, 1.82) is 5.26 Å². The molecule has 3 aromatic rings. The maximum Gasteiger partial charge on any atom is 0.338 e. The van der Waals surface area contributed by atoms with E-state index in [1.165, 1.54) is 0 Å². The number of pyridine rings is 1. The first kappa shape index (κ1) is 23.5. The smallest absolute Gasteiger partial charge is 0.338 e. The van der Waals surface area contributed by atoms with Gasteiger partial charge in [0.05, 0.1) is 30.4 Å². The molecule has 1 atom stereocenters. The summed E-state index contributed by atoms with van der Waals surface area (Å²) in [6, 6.07) is 19.0. The van der Waals surface area contributed by atoms with Crippen LogP contribution in [0.25, 0.3) is 0 Å². The van der Waals surface area contributed by atoms with Crippen LogP contribution in [-0.4, -0.2) is 24.1 Å². The Morgan fingerprint density at radius 1 is 1.09 bits per heavy atom. The summed E-state index contributed by atoms with van der Waals surface area (Å²) >= 11 is 0. The van der Waals surface area contributed by atoms with Crippen LogP contribution < -0.4 is 15.4 Å². The number of nitrogens with zero attached hydrogens (tertiary/aromatic N) is 2. The third-order valence-electron chi connectivity index (χ3n) is 5.64. The molecular formula is C27H24N4O4. The number of rotatable bonds is 8. The minimum Gasteiger partial charge on any atom is -0.497 e. The predicted molar refractivity (Wildman–Crippen MR) is 128 cm³/mol. The second kappa shape index (κ2) is 11.0. The Morgan fingerprint density at radius 2 is 1.91 bits per heavy atom. The molecule has 1 unspecified atom stereocenters. The van der Waals surface area contributed by atoms with Crippen molar-refractivity contribution >= 4 is 12.0 Å². The van der Waals surface area contributed by atoms with Gasteiger partial charge in [-0.25, -0.2) is 9.59 Å². The molecule has 2 amide bonds. The van der Waals surface area contributed by atoms with E-state index >= 15 is 0 Å². The van der Waals surface area contributed by atoms with Crippen molar-refractivity contribution in [3.05, 3.63) is 107 Å². The van der Waals surface area contributed by atoms with Gasteiger partial charge >= 0.3 is 12.0 Å². The summed E-state index contributed by atoms with van der Waals surface area (Å²) in [5.74, 6) is 0.197. The number of nitrogens with one attached hydrogen (secondary N) is 2. The van der Waals surface area contributed by atoms with Crippen LogP contribution in [0.2, 0.25) is 0 Å². The van der Waals surface area contributed by atoms with E-state index in [0.29, 0.717) is 40.8 Å². The topological polar surface area (TPSA) is 113 Å². The standard InChI is InChI=1S/C27H24N4O4/c1-34-22-10-7-18(8-11-22)9-12-23-24(25(31-27(33)30-23)21-6-3-13-29-16-21)26(32)35-17-20-5-2-4-19(14-20)15-28/h2-8,10-11,13-14,16,25H,9,12,17H2,1H3,(H2,30,31,33). The Kier molecular flexibility index (Phi) is 7.38. The number of allylic oxidation sites excluding steroid dienone is 1. The molecule has 2 aromatic carbocycles. The van der Waals surface area contributed by atoms with E-state index in [0.717, 1.165) is 11.3 Å². The van der Waals surface area contributed by atoms with Crippen LogP contribution in [-0.2, 0) is 22.6 Å². The molecule has 1 aliphatic heterocycles. The third kappa shape index (κ3) is 5.84. The third-order valence-corrected chi connectivity index (χ3v) is 5.64. The highest BCUT2D eigenvalue weighted by atomic mass is 16.5. The van der Waals surface area contributed by atoms with Gasteiger partial charge in [0.2, 0.25) is 0 Å². The second-order valence-electron chi connectivity index (χ2n) is 7.95. The van der Waals surface area contributed by atoms with Crippen LogP contribution in [0.15, 0.2) is 84.3 Å². The van der Waals surface area contributed by atoms with Gasteiger partial charge in [0, 0.05) is 18.1 Å². The largest absolute Gasteiger partial charge is 0.497 e. The number of hydrogen-bond donors (Lipinski definition) is 2. The van der Waals surface area contributed by atoms with Gasteiger partial charge in [0.15, 0.2) is 0 Å². The summed E-state index contributed by atoms with van der Waals surface area (Å²) in [5, 5.41) is 14.7. The lowest BCUT2D eigenvalue weighted by Gasteiger charge is -2.29. The van der Waals surface area contributed by atoms with Crippen molar-refractivity contribution in [2.75, 3.05) is 7.11 Å². The van der Waals surface area contributed by atoms with Crippen molar-refractivity contribution in [2.24, 2.45) is 0 Å². The summed E-state index contributed by atoms with van der Waals surface area (Å²) in [5.41, 5.74) is 3.70. The summed E-state index contributed by atoms with van der Waals surface area (Å²) in [6.07, 6.45) is 4.26. The molecule has 8 heteroatoms. The number of hydrogen-bond acceptors (Lipinski definition) is 6. The molecule has 8 nitrogen and oxygen atoms in total. The van der Waals surface area contributed by atoms with Gasteiger partial charge < -0.3 is 20.1 Å². The molecule has 4 rings (SSSR count). The normalized spacial score (nSPS) is 15.0. The van der Waals surface area contributed by atoms with Crippen LogP contribution in [0.3, 0.4) is 0 Å². The number of urea groups is 1. The van der Waals surface area contributed by atoms with Crippen molar-refractivity contribution in [1.82, 2.24) is 15.6 Å². The van der Waals surface area contributed by atoms with Crippen LogP contribution >= 0.6 is 0 Å². The Hall–Kier alpha value is -4.64. The zero-order valence-electron chi connectivity index (χ0n) is 19.2. The lowest BCUT2D eigenvalue weighted by molar-refractivity contribution is -0.140. The molecule has 2 heterocycles. The van der Waals surface area contributed by atoms with E-state index in [2.05, 4.69) is 21.7 Å². The number of amides is 2. The molecule has 1 aromatic heterocycles. The number of nitriles is 1. The van der Waals surface area contributed by atoms with Crippen molar-refractivity contribution in [2.45, 2.75) is 25.5 Å². The summed E-state index contributed by atoms with van der Waals surface area (Å²) in [6.45, 7) is -0.00266. The molecule has 0 aliphatic carbocycles. The molecule has 0 radical (unpaired) electrons. The molecule has 176 valence electrons. The fraction of sp³-hybridized carbons (Fsp3) is 0.185. The van der Waals surface area contributed by atoms with Gasteiger partial charge in [0.1, 0.15) is 12.4 Å². The van der Waals surface area contributed by atoms with Crippen LogP contribution in [0.5, 0.6) is 5.75 Å². The molecule has 2 N–H and O–H groups in total. The lowest BCUT2D eigenvalue weighted by Crippen LogP contribution is -2.46. The minimum atomic E-state index is -0.707. The van der Waals surface area contributed by atoms with Gasteiger partial charge in [-0.3, -0.25) is 4.98 Å². The Balaban J connectivity index is 1.61. The van der Waals surface area contributed by atoms with Crippen molar-refractivity contribution < 1.29 is 19.1 Å². The zero-order chi connectivity index (χ0) is 24.6. The molecule has 0 bridgehead atoms. The molecular weight excluding hydrogens is 444 g/mol. The number of carbonyl (C=O) groups excluding carboxylic acids is 2. The summed E-state index contributed by atoms with van der Waals surface area (Å²) < 4.78 is 10.8. The van der Waals surface area contributed by atoms with Crippen molar-refractivity contribution in [3.8, 4) is 11.8 Å². The number of aromatic nitrogens is 1. The van der Waals surface area contributed by atoms with E-state index in [1.807, 2.05) is 24.3 Å². The SMILES string of the molecule is COc1ccc(CCC2=C(C(=O)OCc3cccc(C#N)c3)C(c3cccnc3)NC(=O)N2)cc1. The van der Waals surface area contributed by atoms with E-state index in [4.69, 9.17) is 14.7 Å². The molecule has 35 heavy (non-hydrogen) atoms. The highest BCUT2D eigenvalue weighted by molar-refractivity contribution is 5.95. The Labute approximate surface area is 203 Å².